The molecule has 0 amide bonds. The Balaban J connectivity index is 1.92. The quantitative estimate of drug-likeness (QED) is 0.896. The van der Waals surface area contributed by atoms with Gasteiger partial charge in [-0.3, -0.25) is 0 Å². The maximum atomic E-state index is 12.4. The SMILES string of the molecule is Cc1cccc(CCNS(=O)(=O)N2C[C@H](C)OC[C@@H]2C)c1. The van der Waals surface area contributed by atoms with Gasteiger partial charge in [-0.15, -0.1) is 0 Å². The zero-order chi connectivity index (χ0) is 15.5. The average Bonchev–Trinajstić information content (AvgIpc) is 2.41. The molecule has 0 aromatic heterocycles. The molecule has 0 unspecified atom stereocenters. The van der Waals surface area contributed by atoms with E-state index < -0.39 is 10.2 Å². The Bertz CT molecular complexity index is 574. The van der Waals surface area contributed by atoms with E-state index in [-0.39, 0.29) is 12.1 Å². The first kappa shape index (κ1) is 16.4. The summed E-state index contributed by atoms with van der Waals surface area (Å²) in [7, 11) is -3.44. The van der Waals surface area contributed by atoms with Crippen molar-refractivity contribution in [3.8, 4) is 0 Å². The molecule has 0 aliphatic carbocycles. The number of hydrogen-bond acceptors (Lipinski definition) is 3. The number of nitrogens with zero attached hydrogens (tertiary/aromatic N) is 1. The molecular formula is C15H24N2O3S. The van der Waals surface area contributed by atoms with Crippen molar-refractivity contribution < 1.29 is 13.2 Å². The summed E-state index contributed by atoms with van der Waals surface area (Å²) in [6.07, 6.45) is 0.629. The van der Waals surface area contributed by atoms with Crippen LogP contribution >= 0.6 is 0 Å². The number of aryl methyl sites for hydroxylation is 1. The molecule has 1 aromatic carbocycles. The molecule has 0 saturated carbocycles. The van der Waals surface area contributed by atoms with Crippen molar-refractivity contribution in [1.82, 2.24) is 9.03 Å². The number of morpholine rings is 1. The van der Waals surface area contributed by atoms with Gasteiger partial charge in [0.2, 0.25) is 0 Å². The Morgan fingerprint density at radius 1 is 1.38 bits per heavy atom. The Kier molecular flexibility index (Phi) is 5.37. The van der Waals surface area contributed by atoms with Crippen LogP contribution in [0.1, 0.15) is 25.0 Å². The molecule has 1 aliphatic heterocycles. The van der Waals surface area contributed by atoms with Crippen LogP contribution in [0.25, 0.3) is 0 Å². The Morgan fingerprint density at radius 2 is 2.14 bits per heavy atom. The lowest BCUT2D eigenvalue weighted by Gasteiger charge is -2.35. The summed E-state index contributed by atoms with van der Waals surface area (Å²) in [6, 6.07) is 7.99. The highest BCUT2D eigenvalue weighted by atomic mass is 32.2. The second-order valence-electron chi connectivity index (χ2n) is 5.70. The van der Waals surface area contributed by atoms with E-state index in [0.717, 1.165) is 5.56 Å². The van der Waals surface area contributed by atoms with E-state index in [1.54, 1.807) is 0 Å². The maximum absolute atomic E-state index is 12.4. The lowest BCUT2D eigenvalue weighted by atomic mass is 10.1. The van der Waals surface area contributed by atoms with Crippen molar-refractivity contribution in [2.75, 3.05) is 19.7 Å². The summed E-state index contributed by atoms with van der Waals surface area (Å²) < 4.78 is 34.4. The van der Waals surface area contributed by atoms with E-state index in [9.17, 15) is 8.42 Å². The van der Waals surface area contributed by atoms with E-state index in [1.165, 1.54) is 9.87 Å². The molecule has 1 aromatic rings. The smallest absolute Gasteiger partial charge is 0.279 e. The average molecular weight is 312 g/mol. The highest BCUT2D eigenvalue weighted by Gasteiger charge is 2.32. The molecule has 0 bridgehead atoms. The van der Waals surface area contributed by atoms with E-state index in [4.69, 9.17) is 4.74 Å². The second kappa shape index (κ2) is 6.87. The molecule has 6 heteroatoms. The van der Waals surface area contributed by atoms with Gasteiger partial charge in [0.05, 0.1) is 12.7 Å². The third-order valence-corrected chi connectivity index (χ3v) is 5.34. The minimum absolute atomic E-state index is 0.0606. The highest BCUT2D eigenvalue weighted by molar-refractivity contribution is 7.87. The zero-order valence-corrected chi connectivity index (χ0v) is 13.7. The van der Waals surface area contributed by atoms with Crippen LogP contribution in [-0.2, 0) is 21.4 Å². The first-order chi connectivity index (χ1) is 9.88. The molecule has 1 saturated heterocycles. The molecule has 1 aliphatic rings. The van der Waals surface area contributed by atoms with Crippen molar-refractivity contribution >= 4 is 10.2 Å². The van der Waals surface area contributed by atoms with Gasteiger partial charge in [0.15, 0.2) is 0 Å². The van der Waals surface area contributed by atoms with Crippen molar-refractivity contribution in [1.29, 1.82) is 0 Å². The largest absolute Gasteiger partial charge is 0.375 e. The van der Waals surface area contributed by atoms with Gasteiger partial charge in [-0.25, -0.2) is 4.72 Å². The topological polar surface area (TPSA) is 58.6 Å². The standard InChI is InChI=1S/C15H24N2O3S/c1-12-5-4-6-15(9-12)7-8-16-21(18,19)17-10-14(3)20-11-13(17)2/h4-6,9,13-14,16H,7-8,10-11H2,1-3H3/t13-,14-/m0/s1. The molecular weight excluding hydrogens is 288 g/mol. The second-order valence-corrected chi connectivity index (χ2v) is 7.41. The van der Waals surface area contributed by atoms with E-state index in [0.29, 0.717) is 26.1 Å². The fraction of sp³-hybridized carbons (Fsp3) is 0.600. The summed E-state index contributed by atoms with van der Waals surface area (Å²) in [6.45, 7) is 7.04. The van der Waals surface area contributed by atoms with Gasteiger partial charge >= 0.3 is 0 Å². The minimum Gasteiger partial charge on any atom is -0.375 e. The molecule has 5 nitrogen and oxygen atoms in total. The fourth-order valence-corrected chi connectivity index (χ4v) is 3.95. The number of nitrogens with one attached hydrogen (secondary N) is 1. The molecule has 1 fully saturated rings. The Hall–Kier alpha value is -0.950. The van der Waals surface area contributed by atoms with E-state index >= 15 is 0 Å². The monoisotopic (exact) mass is 312 g/mol. The highest BCUT2D eigenvalue weighted by Crippen LogP contribution is 2.14. The van der Waals surface area contributed by atoms with Crippen molar-refractivity contribution in [3.05, 3.63) is 35.4 Å². The number of benzene rings is 1. The van der Waals surface area contributed by atoms with Crippen LogP contribution in [0.3, 0.4) is 0 Å². The van der Waals surface area contributed by atoms with Gasteiger partial charge in [0, 0.05) is 19.1 Å². The Morgan fingerprint density at radius 3 is 2.86 bits per heavy atom. The van der Waals surface area contributed by atoms with Gasteiger partial charge in [0.25, 0.3) is 10.2 Å². The lowest BCUT2D eigenvalue weighted by Crippen LogP contribution is -2.54. The van der Waals surface area contributed by atoms with Crippen LogP contribution in [0.5, 0.6) is 0 Å². The van der Waals surface area contributed by atoms with Crippen LogP contribution < -0.4 is 4.72 Å². The predicted octanol–water partition coefficient (Wildman–Crippen LogP) is 1.48. The van der Waals surface area contributed by atoms with Crippen LogP contribution in [0.4, 0.5) is 0 Å². The summed E-state index contributed by atoms with van der Waals surface area (Å²) in [5, 5.41) is 0. The number of rotatable bonds is 5. The Labute approximate surface area is 127 Å². The van der Waals surface area contributed by atoms with Gasteiger partial charge in [-0.2, -0.15) is 12.7 Å². The maximum Gasteiger partial charge on any atom is 0.279 e. The van der Waals surface area contributed by atoms with Crippen molar-refractivity contribution in [2.24, 2.45) is 0 Å². The first-order valence-electron chi connectivity index (χ1n) is 7.32. The minimum atomic E-state index is -3.44. The van der Waals surface area contributed by atoms with Crippen LogP contribution in [-0.4, -0.2) is 44.6 Å². The van der Waals surface area contributed by atoms with Crippen molar-refractivity contribution in [3.63, 3.8) is 0 Å². The molecule has 118 valence electrons. The normalized spacial score (nSPS) is 24.1. The summed E-state index contributed by atoms with van der Waals surface area (Å²) in [5.74, 6) is 0. The summed E-state index contributed by atoms with van der Waals surface area (Å²) in [5.41, 5.74) is 2.33. The molecule has 1 heterocycles. The van der Waals surface area contributed by atoms with Crippen molar-refractivity contribution in [2.45, 2.75) is 39.3 Å². The van der Waals surface area contributed by atoms with Crippen LogP contribution in [0.15, 0.2) is 24.3 Å². The van der Waals surface area contributed by atoms with E-state index in [1.807, 2.05) is 39.0 Å². The fourth-order valence-electron chi connectivity index (χ4n) is 2.48. The third kappa shape index (κ3) is 4.51. The van der Waals surface area contributed by atoms with Gasteiger partial charge in [0.1, 0.15) is 0 Å². The molecule has 2 rings (SSSR count). The van der Waals surface area contributed by atoms with Crippen LogP contribution in [0.2, 0.25) is 0 Å². The van der Waals surface area contributed by atoms with E-state index in [2.05, 4.69) is 10.8 Å². The summed E-state index contributed by atoms with van der Waals surface area (Å²) in [4.78, 5) is 0. The molecule has 2 atom stereocenters. The first-order valence-corrected chi connectivity index (χ1v) is 8.76. The molecule has 0 radical (unpaired) electrons. The number of ether oxygens (including phenoxy) is 1. The molecule has 1 N–H and O–H groups in total. The molecule has 0 spiro atoms. The molecule has 21 heavy (non-hydrogen) atoms. The predicted molar refractivity (Wildman–Crippen MR) is 83.4 cm³/mol. The van der Waals surface area contributed by atoms with Crippen LogP contribution in [0, 0.1) is 6.92 Å². The lowest BCUT2D eigenvalue weighted by molar-refractivity contribution is -0.0174. The number of hydrogen-bond donors (Lipinski definition) is 1. The summed E-state index contributed by atoms with van der Waals surface area (Å²) >= 11 is 0. The van der Waals surface area contributed by atoms with Gasteiger partial charge < -0.3 is 4.74 Å². The third-order valence-electron chi connectivity index (χ3n) is 3.64. The zero-order valence-electron chi connectivity index (χ0n) is 12.9. The van der Waals surface area contributed by atoms with Gasteiger partial charge in [-0.1, -0.05) is 29.8 Å². The van der Waals surface area contributed by atoms with Gasteiger partial charge in [-0.05, 0) is 32.8 Å².